The number of hydrogen-bond acceptors (Lipinski definition) is 5. The smallest absolute Gasteiger partial charge is 0.262 e. The number of sulfonamides is 1. The van der Waals surface area contributed by atoms with Crippen molar-refractivity contribution in [2.24, 2.45) is 0 Å². The second kappa shape index (κ2) is 7.65. The Labute approximate surface area is 167 Å². The van der Waals surface area contributed by atoms with Gasteiger partial charge in [0.2, 0.25) is 11.8 Å². The highest BCUT2D eigenvalue weighted by atomic mass is 35.5. The molecule has 0 atom stereocenters. The summed E-state index contributed by atoms with van der Waals surface area (Å²) in [6.07, 6.45) is 0. The van der Waals surface area contributed by atoms with Crippen LogP contribution in [0.25, 0.3) is 11.1 Å². The molecule has 2 aromatic carbocycles. The van der Waals surface area contributed by atoms with E-state index >= 15 is 0 Å². The third-order valence-corrected chi connectivity index (χ3v) is 5.79. The number of hydrogen-bond donors (Lipinski definition) is 2. The number of benzene rings is 2. The normalized spacial score (nSPS) is 11.3. The van der Waals surface area contributed by atoms with E-state index in [1.165, 1.54) is 13.0 Å². The standard InChI is InChI=1S/C19H18ClN3O4S/c1-11-4-5-14(18-12(2)22-27-19(18)21-13(3)24)10-17(11)28(25,26)23-16-8-6-15(20)7-9-16/h4-10,23H,1-3H3,(H,21,24). The molecule has 7 nitrogen and oxygen atoms in total. The van der Waals surface area contributed by atoms with Gasteiger partial charge in [0.05, 0.1) is 16.2 Å². The van der Waals surface area contributed by atoms with Crippen LogP contribution in [-0.2, 0) is 14.8 Å². The van der Waals surface area contributed by atoms with Gasteiger partial charge in [0.15, 0.2) is 0 Å². The molecule has 9 heteroatoms. The van der Waals surface area contributed by atoms with E-state index in [2.05, 4.69) is 15.2 Å². The van der Waals surface area contributed by atoms with Gasteiger partial charge in [-0.3, -0.25) is 14.8 Å². The average molecular weight is 420 g/mol. The lowest BCUT2D eigenvalue weighted by atomic mass is 10.0. The van der Waals surface area contributed by atoms with Crippen LogP contribution in [0.3, 0.4) is 0 Å². The lowest BCUT2D eigenvalue weighted by Gasteiger charge is -2.12. The largest absolute Gasteiger partial charge is 0.337 e. The highest BCUT2D eigenvalue weighted by Crippen LogP contribution is 2.34. The monoisotopic (exact) mass is 419 g/mol. The Bertz CT molecular complexity index is 1140. The lowest BCUT2D eigenvalue weighted by molar-refractivity contribution is -0.114. The molecule has 1 heterocycles. The van der Waals surface area contributed by atoms with E-state index in [0.29, 0.717) is 33.1 Å². The van der Waals surface area contributed by atoms with Crippen LogP contribution >= 0.6 is 11.6 Å². The zero-order valence-corrected chi connectivity index (χ0v) is 17.0. The summed E-state index contributed by atoms with van der Waals surface area (Å²) in [4.78, 5) is 11.5. The number of anilines is 2. The van der Waals surface area contributed by atoms with E-state index in [4.69, 9.17) is 16.1 Å². The maximum absolute atomic E-state index is 12.9. The first-order valence-electron chi connectivity index (χ1n) is 8.30. The van der Waals surface area contributed by atoms with Gasteiger partial charge in [-0.05, 0) is 55.3 Å². The molecule has 0 aliphatic rings. The number of nitrogens with zero attached hydrogens (tertiary/aromatic N) is 1. The highest BCUT2D eigenvalue weighted by molar-refractivity contribution is 7.92. The van der Waals surface area contributed by atoms with E-state index < -0.39 is 10.0 Å². The number of carbonyl (C=O) groups is 1. The molecule has 0 spiro atoms. The number of nitrogens with one attached hydrogen (secondary N) is 2. The molecule has 3 aromatic rings. The van der Waals surface area contributed by atoms with Gasteiger partial charge >= 0.3 is 0 Å². The molecule has 1 amide bonds. The highest BCUT2D eigenvalue weighted by Gasteiger charge is 2.22. The summed E-state index contributed by atoms with van der Waals surface area (Å²) in [6, 6.07) is 11.3. The van der Waals surface area contributed by atoms with Crippen LogP contribution in [0.15, 0.2) is 51.9 Å². The summed E-state index contributed by atoms with van der Waals surface area (Å²) >= 11 is 5.85. The van der Waals surface area contributed by atoms with Crippen molar-refractivity contribution < 1.29 is 17.7 Å². The first-order chi connectivity index (χ1) is 13.2. The molecule has 146 valence electrons. The zero-order chi connectivity index (χ0) is 20.5. The maximum atomic E-state index is 12.9. The average Bonchev–Trinajstić information content (AvgIpc) is 2.97. The summed E-state index contributed by atoms with van der Waals surface area (Å²) in [5.74, 6) is -0.148. The van der Waals surface area contributed by atoms with E-state index in [1.54, 1.807) is 50.2 Å². The molecule has 0 unspecified atom stereocenters. The Morgan fingerprint density at radius 1 is 1.11 bits per heavy atom. The molecule has 0 saturated heterocycles. The number of carbonyl (C=O) groups excluding carboxylic acids is 1. The number of aromatic nitrogens is 1. The second-order valence-corrected chi connectivity index (χ2v) is 8.33. The minimum Gasteiger partial charge on any atom is -0.337 e. The molecular formula is C19H18ClN3O4S. The van der Waals surface area contributed by atoms with Crippen molar-refractivity contribution in [3.63, 3.8) is 0 Å². The molecule has 0 bridgehead atoms. The third kappa shape index (κ3) is 4.18. The van der Waals surface area contributed by atoms with Crippen LogP contribution in [0.1, 0.15) is 18.2 Å². The predicted octanol–water partition coefficient (Wildman–Crippen LogP) is 4.37. The Balaban J connectivity index is 2.04. The second-order valence-electron chi connectivity index (χ2n) is 6.25. The fraction of sp³-hybridized carbons (Fsp3) is 0.158. The van der Waals surface area contributed by atoms with E-state index in [-0.39, 0.29) is 16.7 Å². The van der Waals surface area contributed by atoms with Crippen molar-refractivity contribution in [3.8, 4) is 11.1 Å². The van der Waals surface area contributed by atoms with Crippen molar-refractivity contribution in [1.82, 2.24) is 5.16 Å². The summed E-state index contributed by atoms with van der Waals surface area (Å²) in [6.45, 7) is 4.77. The van der Waals surface area contributed by atoms with E-state index in [9.17, 15) is 13.2 Å². The summed E-state index contributed by atoms with van der Waals surface area (Å²) in [5, 5.41) is 6.94. The quantitative estimate of drug-likeness (QED) is 0.639. The Hall–Kier alpha value is -2.84. The van der Waals surface area contributed by atoms with Crippen LogP contribution in [0.4, 0.5) is 11.6 Å². The van der Waals surface area contributed by atoms with E-state index in [1.807, 2.05) is 0 Å². The molecule has 0 aliphatic heterocycles. The minimum absolute atomic E-state index is 0.106. The van der Waals surface area contributed by atoms with Crippen LogP contribution < -0.4 is 10.0 Å². The molecule has 2 N–H and O–H groups in total. The molecule has 0 fully saturated rings. The first kappa shape index (κ1) is 19.9. The van der Waals surface area contributed by atoms with Crippen LogP contribution in [0.2, 0.25) is 5.02 Å². The molecule has 28 heavy (non-hydrogen) atoms. The number of halogens is 1. The van der Waals surface area contributed by atoms with Crippen molar-refractivity contribution >= 4 is 39.1 Å². The molecule has 3 rings (SSSR count). The fourth-order valence-corrected chi connectivity index (χ4v) is 4.18. The summed E-state index contributed by atoms with van der Waals surface area (Å²) in [7, 11) is -3.85. The van der Waals surface area contributed by atoms with Crippen LogP contribution in [0, 0.1) is 13.8 Å². The summed E-state index contributed by atoms with van der Waals surface area (Å²) < 4.78 is 33.6. The SMILES string of the molecule is CC(=O)Nc1onc(C)c1-c1ccc(C)c(S(=O)(=O)Nc2ccc(Cl)cc2)c1. The minimum atomic E-state index is -3.85. The summed E-state index contributed by atoms with van der Waals surface area (Å²) in [5.41, 5.74) is 2.58. The topological polar surface area (TPSA) is 101 Å². The van der Waals surface area contributed by atoms with Crippen molar-refractivity contribution in [1.29, 1.82) is 0 Å². The van der Waals surface area contributed by atoms with Crippen molar-refractivity contribution in [3.05, 3.63) is 58.7 Å². The van der Waals surface area contributed by atoms with Gasteiger partial charge in [-0.25, -0.2) is 8.42 Å². The van der Waals surface area contributed by atoms with Crippen LogP contribution in [0.5, 0.6) is 0 Å². The van der Waals surface area contributed by atoms with Gasteiger partial charge < -0.3 is 4.52 Å². The van der Waals surface area contributed by atoms with Crippen LogP contribution in [-0.4, -0.2) is 19.5 Å². The van der Waals surface area contributed by atoms with Crippen molar-refractivity contribution in [2.75, 3.05) is 10.0 Å². The molecule has 0 radical (unpaired) electrons. The molecular weight excluding hydrogens is 402 g/mol. The fourth-order valence-electron chi connectivity index (χ4n) is 2.73. The van der Waals surface area contributed by atoms with Gasteiger partial charge in [-0.2, -0.15) is 0 Å². The predicted molar refractivity (Wildman–Crippen MR) is 108 cm³/mol. The molecule has 0 aliphatic carbocycles. The molecule has 1 aromatic heterocycles. The Morgan fingerprint density at radius 2 is 1.79 bits per heavy atom. The Kier molecular flexibility index (Phi) is 5.44. The number of amides is 1. The van der Waals surface area contributed by atoms with Gasteiger partial charge in [-0.15, -0.1) is 0 Å². The zero-order valence-electron chi connectivity index (χ0n) is 15.4. The lowest BCUT2D eigenvalue weighted by Crippen LogP contribution is -2.14. The first-order valence-corrected chi connectivity index (χ1v) is 10.2. The van der Waals surface area contributed by atoms with Gasteiger partial charge in [0.25, 0.3) is 10.0 Å². The maximum Gasteiger partial charge on any atom is 0.262 e. The molecule has 0 saturated carbocycles. The Morgan fingerprint density at radius 3 is 2.43 bits per heavy atom. The van der Waals surface area contributed by atoms with Crippen molar-refractivity contribution in [2.45, 2.75) is 25.7 Å². The van der Waals surface area contributed by atoms with Gasteiger partial charge in [-0.1, -0.05) is 28.9 Å². The number of rotatable bonds is 5. The number of aryl methyl sites for hydroxylation is 2. The van der Waals surface area contributed by atoms with E-state index in [0.717, 1.165) is 0 Å². The van der Waals surface area contributed by atoms with Gasteiger partial charge in [0, 0.05) is 17.6 Å². The van der Waals surface area contributed by atoms with Gasteiger partial charge in [0.1, 0.15) is 0 Å². The third-order valence-electron chi connectivity index (χ3n) is 4.02.